The molecule has 2 saturated heterocycles. The van der Waals surface area contributed by atoms with E-state index >= 15 is 0 Å². The first-order valence-electron chi connectivity index (χ1n) is 11.4. The Kier molecular flexibility index (Phi) is 7.90. The highest BCUT2D eigenvalue weighted by Crippen LogP contribution is 2.23. The number of aromatic nitrogens is 2. The van der Waals surface area contributed by atoms with Crippen LogP contribution < -0.4 is 5.32 Å². The summed E-state index contributed by atoms with van der Waals surface area (Å²) in [7, 11) is 2.08. The minimum Gasteiger partial charge on any atom is -0.345 e. The lowest BCUT2D eigenvalue weighted by molar-refractivity contribution is -0.138. The number of benzene rings is 1. The summed E-state index contributed by atoms with van der Waals surface area (Å²) in [6.45, 7) is 4.22. The number of likely N-dealkylation sites (tertiary alicyclic amines) is 1. The molecule has 1 aromatic carbocycles. The topological polar surface area (TPSA) is 102 Å². The Bertz CT molecular complexity index is 1060. The highest BCUT2D eigenvalue weighted by molar-refractivity contribution is 9.10. The van der Waals surface area contributed by atoms with Crippen molar-refractivity contribution in [3.05, 3.63) is 51.0 Å². The second-order valence-corrected chi connectivity index (χ2v) is 10.0. The van der Waals surface area contributed by atoms with Crippen molar-refractivity contribution >= 4 is 45.3 Å². The van der Waals surface area contributed by atoms with Gasteiger partial charge in [0, 0.05) is 38.6 Å². The van der Waals surface area contributed by atoms with Gasteiger partial charge in [-0.15, -0.1) is 0 Å². The first kappa shape index (κ1) is 24.7. The standard InChI is InChI=1S/C23H28BrClN6O3/c1-29-6-4-16(5-7-29)22(33)30-8-10-31(11-9-30)23(34)17-3-2-15(12-18(17)25)13-27-21(32)20-26-14-19(24)28-20/h2-3,12,14,16H,4-11,13H2,1H3,(H,26,28)(H,27,32). The van der Waals surface area contributed by atoms with Crippen LogP contribution in [-0.2, 0) is 11.3 Å². The molecule has 0 radical (unpaired) electrons. The van der Waals surface area contributed by atoms with E-state index < -0.39 is 0 Å². The highest BCUT2D eigenvalue weighted by Gasteiger charge is 2.31. The Morgan fingerprint density at radius 2 is 1.79 bits per heavy atom. The molecule has 0 spiro atoms. The summed E-state index contributed by atoms with van der Waals surface area (Å²) in [4.78, 5) is 50.7. The molecule has 34 heavy (non-hydrogen) atoms. The van der Waals surface area contributed by atoms with Gasteiger partial charge in [-0.2, -0.15) is 0 Å². The number of rotatable bonds is 5. The fourth-order valence-corrected chi connectivity index (χ4v) is 4.91. The van der Waals surface area contributed by atoms with Gasteiger partial charge in [0.15, 0.2) is 5.82 Å². The van der Waals surface area contributed by atoms with E-state index in [-0.39, 0.29) is 36.0 Å². The van der Waals surface area contributed by atoms with E-state index in [0.29, 0.717) is 41.4 Å². The third-order valence-corrected chi connectivity index (χ3v) is 7.14. The summed E-state index contributed by atoms with van der Waals surface area (Å²) in [6, 6.07) is 5.15. The zero-order valence-corrected chi connectivity index (χ0v) is 21.4. The van der Waals surface area contributed by atoms with Crippen molar-refractivity contribution in [1.82, 2.24) is 30.0 Å². The van der Waals surface area contributed by atoms with Crippen molar-refractivity contribution in [3.63, 3.8) is 0 Å². The molecule has 2 aliphatic heterocycles. The lowest BCUT2D eigenvalue weighted by Crippen LogP contribution is -2.52. The number of imidazole rings is 1. The lowest BCUT2D eigenvalue weighted by atomic mass is 9.95. The number of halogens is 2. The summed E-state index contributed by atoms with van der Waals surface area (Å²) < 4.78 is 0.621. The Morgan fingerprint density at radius 3 is 2.41 bits per heavy atom. The van der Waals surface area contributed by atoms with E-state index in [0.717, 1.165) is 31.5 Å². The van der Waals surface area contributed by atoms with Crippen molar-refractivity contribution in [2.45, 2.75) is 19.4 Å². The van der Waals surface area contributed by atoms with Crippen LogP contribution in [0.4, 0.5) is 0 Å². The SMILES string of the molecule is CN1CCC(C(=O)N2CCN(C(=O)c3ccc(CNC(=O)c4ncc(Br)[nH]4)cc3Cl)CC2)CC1. The maximum Gasteiger partial charge on any atom is 0.287 e. The Labute approximate surface area is 211 Å². The van der Waals surface area contributed by atoms with Crippen LogP contribution in [0.1, 0.15) is 39.4 Å². The van der Waals surface area contributed by atoms with Gasteiger partial charge in [0.2, 0.25) is 5.91 Å². The van der Waals surface area contributed by atoms with Gasteiger partial charge in [0.1, 0.15) is 4.60 Å². The quantitative estimate of drug-likeness (QED) is 0.594. The molecule has 2 fully saturated rings. The molecule has 3 amide bonds. The molecule has 2 aliphatic rings. The molecule has 4 rings (SSSR count). The maximum atomic E-state index is 13.0. The van der Waals surface area contributed by atoms with Crippen LogP contribution in [0, 0.1) is 5.92 Å². The molecule has 0 saturated carbocycles. The highest BCUT2D eigenvalue weighted by atomic mass is 79.9. The van der Waals surface area contributed by atoms with Gasteiger partial charge < -0.3 is 25.0 Å². The number of carbonyl (C=O) groups is 3. The Morgan fingerprint density at radius 1 is 1.12 bits per heavy atom. The van der Waals surface area contributed by atoms with Gasteiger partial charge in [-0.1, -0.05) is 17.7 Å². The fourth-order valence-electron chi connectivity index (χ4n) is 4.34. The molecule has 0 atom stereocenters. The smallest absolute Gasteiger partial charge is 0.287 e. The van der Waals surface area contributed by atoms with Gasteiger partial charge in [0.05, 0.1) is 16.8 Å². The number of piperazine rings is 1. The van der Waals surface area contributed by atoms with Crippen molar-refractivity contribution in [1.29, 1.82) is 0 Å². The van der Waals surface area contributed by atoms with E-state index in [2.05, 4.69) is 43.2 Å². The van der Waals surface area contributed by atoms with Gasteiger partial charge in [-0.25, -0.2) is 4.98 Å². The van der Waals surface area contributed by atoms with Crippen LogP contribution in [0.2, 0.25) is 5.02 Å². The number of nitrogens with zero attached hydrogens (tertiary/aromatic N) is 4. The molecule has 182 valence electrons. The number of nitrogens with one attached hydrogen (secondary N) is 2. The third kappa shape index (κ3) is 5.79. The van der Waals surface area contributed by atoms with E-state index in [4.69, 9.17) is 11.6 Å². The summed E-state index contributed by atoms with van der Waals surface area (Å²) in [5, 5.41) is 3.10. The Balaban J connectivity index is 1.29. The van der Waals surface area contributed by atoms with E-state index in [1.165, 1.54) is 6.20 Å². The summed E-state index contributed by atoms with van der Waals surface area (Å²) >= 11 is 9.64. The second-order valence-electron chi connectivity index (χ2n) is 8.77. The van der Waals surface area contributed by atoms with Gasteiger partial charge in [-0.05, 0) is 66.6 Å². The average Bonchev–Trinajstić information content (AvgIpc) is 3.29. The molecule has 11 heteroatoms. The molecule has 0 aliphatic carbocycles. The fraction of sp³-hybridized carbons (Fsp3) is 0.478. The molecule has 9 nitrogen and oxygen atoms in total. The number of hydrogen-bond acceptors (Lipinski definition) is 5. The number of carbonyl (C=O) groups excluding carboxylic acids is 3. The van der Waals surface area contributed by atoms with Gasteiger partial charge in [-0.3, -0.25) is 14.4 Å². The summed E-state index contributed by atoms with van der Waals surface area (Å²) in [6.07, 6.45) is 3.31. The molecule has 2 N–H and O–H groups in total. The molecule has 1 aromatic heterocycles. The van der Waals surface area contributed by atoms with Gasteiger partial charge >= 0.3 is 0 Å². The maximum absolute atomic E-state index is 13.0. The van der Waals surface area contributed by atoms with Crippen LogP contribution >= 0.6 is 27.5 Å². The minimum absolute atomic E-state index is 0.0928. The lowest BCUT2D eigenvalue weighted by Gasteiger charge is -2.38. The van der Waals surface area contributed by atoms with E-state index in [9.17, 15) is 14.4 Å². The largest absolute Gasteiger partial charge is 0.345 e. The molecule has 0 bridgehead atoms. The van der Waals surface area contributed by atoms with Crippen molar-refractivity contribution in [2.24, 2.45) is 5.92 Å². The number of hydrogen-bond donors (Lipinski definition) is 2. The molecule has 3 heterocycles. The number of amides is 3. The first-order valence-corrected chi connectivity index (χ1v) is 12.5. The summed E-state index contributed by atoms with van der Waals surface area (Å²) in [5.41, 5.74) is 1.19. The zero-order valence-electron chi connectivity index (χ0n) is 19.0. The van der Waals surface area contributed by atoms with Crippen molar-refractivity contribution in [2.75, 3.05) is 46.3 Å². The van der Waals surface area contributed by atoms with Crippen molar-refractivity contribution < 1.29 is 14.4 Å². The van der Waals surface area contributed by atoms with E-state index in [1.807, 2.05) is 4.90 Å². The molecular weight excluding hydrogens is 524 g/mol. The van der Waals surface area contributed by atoms with Crippen LogP contribution in [0.3, 0.4) is 0 Å². The van der Waals surface area contributed by atoms with Crippen LogP contribution in [0.5, 0.6) is 0 Å². The first-order chi connectivity index (χ1) is 16.3. The monoisotopic (exact) mass is 550 g/mol. The molecule has 2 aromatic rings. The van der Waals surface area contributed by atoms with Gasteiger partial charge in [0.25, 0.3) is 11.8 Å². The van der Waals surface area contributed by atoms with Crippen LogP contribution in [0.25, 0.3) is 0 Å². The van der Waals surface area contributed by atoms with Crippen LogP contribution in [-0.4, -0.2) is 88.7 Å². The minimum atomic E-state index is -0.338. The summed E-state index contributed by atoms with van der Waals surface area (Å²) in [5.74, 6) is 0.0297. The zero-order chi connectivity index (χ0) is 24.2. The number of H-pyrrole nitrogens is 1. The molecule has 0 unspecified atom stereocenters. The molecular formula is C23H28BrClN6O3. The van der Waals surface area contributed by atoms with Crippen LogP contribution in [0.15, 0.2) is 29.0 Å². The Hall–Kier alpha value is -2.43. The number of aromatic amines is 1. The van der Waals surface area contributed by atoms with E-state index in [1.54, 1.807) is 23.1 Å². The second kappa shape index (κ2) is 10.9. The predicted molar refractivity (Wildman–Crippen MR) is 132 cm³/mol. The number of piperidine rings is 1. The third-order valence-electron chi connectivity index (χ3n) is 6.42. The predicted octanol–water partition coefficient (Wildman–Crippen LogP) is 2.38. The normalized spacial score (nSPS) is 17.6. The van der Waals surface area contributed by atoms with Crippen molar-refractivity contribution in [3.8, 4) is 0 Å². The average molecular weight is 552 g/mol.